The Morgan fingerprint density at radius 1 is 1.27 bits per heavy atom. The molecule has 1 aromatic rings. The van der Waals surface area contributed by atoms with E-state index in [2.05, 4.69) is 15.9 Å². The predicted molar refractivity (Wildman–Crippen MR) is 43.8 cm³/mol. The zero-order valence-corrected chi connectivity index (χ0v) is 7.37. The van der Waals surface area contributed by atoms with Crippen molar-refractivity contribution in [2.45, 2.75) is 12.0 Å². The van der Waals surface area contributed by atoms with E-state index in [0.29, 0.717) is 10.9 Å². The first-order chi connectivity index (χ1) is 5.27. The average Bonchev–Trinajstić information content (AvgIpc) is 2.04. The minimum Gasteiger partial charge on any atom is -0.246 e. The largest absolute Gasteiger partial charge is 0.246 e. The van der Waals surface area contributed by atoms with E-state index in [1.165, 1.54) is 12.1 Å². The lowest BCUT2D eigenvalue weighted by atomic mass is 10.1. The molecule has 0 aliphatic rings. The van der Waals surface area contributed by atoms with Crippen LogP contribution < -0.4 is 0 Å². The fourth-order valence-electron chi connectivity index (χ4n) is 0.849. The van der Waals surface area contributed by atoms with Crippen molar-refractivity contribution in [2.24, 2.45) is 0 Å². The molecule has 1 rings (SSSR count). The van der Waals surface area contributed by atoms with E-state index >= 15 is 0 Å². The SMILES string of the molecule is FCc1cc(F)ccc1CBr. The summed E-state index contributed by atoms with van der Waals surface area (Å²) in [4.78, 5) is 0. The molecule has 11 heavy (non-hydrogen) atoms. The van der Waals surface area contributed by atoms with Crippen LogP contribution in [0.15, 0.2) is 18.2 Å². The highest BCUT2D eigenvalue weighted by Gasteiger charge is 2.01. The Bertz CT molecular complexity index is 248. The maximum absolute atomic E-state index is 12.5. The Morgan fingerprint density at radius 2 is 2.00 bits per heavy atom. The first-order valence-electron chi connectivity index (χ1n) is 3.17. The first-order valence-corrected chi connectivity index (χ1v) is 4.29. The quantitative estimate of drug-likeness (QED) is 0.672. The molecule has 0 radical (unpaired) electrons. The van der Waals surface area contributed by atoms with Crippen molar-refractivity contribution >= 4 is 15.9 Å². The topological polar surface area (TPSA) is 0 Å². The Labute approximate surface area is 72.4 Å². The minimum atomic E-state index is -0.612. The number of benzene rings is 1. The van der Waals surface area contributed by atoms with Gasteiger partial charge < -0.3 is 0 Å². The van der Waals surface area contributed by atoms with Crippen LogP contribution in [0.2, 0.25) is 0 Å². The fraction of sp³-hybridized carbons (Fsp3) is 0.250. The fourth-order valence-corrected chi connectivity index (χ4v) is 1.40. The van der Waals surface area contributed by atoms with Crippen LogP contribution in [0.25, 0.3) is 0 Å². The summed E-state index contributed by atoms with van der Waals surface area (Å²) in [7, 11) is 0. The first kappa shape index (κ1) is 8.65. The average molecular weight is 221 g/mol. The van der Waals surface area contributed by atoms with Crippen molar-refractivity contribution in [1.29, 1.82) is 0 Å². The van der Waals surface area contributed by atoms with Gasteiger partial charge in [0, 0.05) is 5.33 Å². The normalized spacial score (nSPS) is 10.1. The van der Waals surface area contributed by atoms with Crippen LogP contribution in [0.3, 0.4) is 0 Å². The molecule has 0 N–H and O–H groups in total. The molecule has 0 nitrogen and oxygen atoms in total. The lowest BCUT2D eigenvalue weighted by molar-refractivity contribution is 0.480. The Morgan fingerprint density at radius 3 is 2.55 bits per heavy atom. The van der Waals surface area contributed by atoms with Gasteiger partial charge >= 0.3 is 0 Å². The third kappa shape index (κ3) is 1.99. The van der Waals surface area contributed by atoms with Gasteiger partial charge in [-0.3, -0.25) is 0 Å². The van der Waals surface area contributed by atoms with Crippen LogP contribution >= 0.6 is 15.9 Å². The van der Waals surface area contributed by atoms with Crippen molar-refractivity contribution in [1.82, 2.24) is 0 Å². The van der Waals surface area contributed by atoms with Crippen molar-refractivity contribution in [3.63, 3.8) is 0 Å². The summed E-state index contributed by atoms with van der Waals surface area (Å²) in [6, 6.07) is 4.13. The number of alkyl halides is 2. The zero-order chi connectivity index (χ0) is 8.27. The second kappa shape index (κ2) is 3.81. The molecule has 0 amide bonds. The summed E-state index contributed by atoms with van der Waals surface area (Å²) in [6.07, 6.45) is 0. The number of rotatable bonds is 2. The summed E-state index contributed by atoms with van der Waals surface area (Å²) in [6.45, 7) is -0.612. The molecule has 0 bridgehead atoms. The summed E-state index contributed by atoms with van der Waals surface area (Å²) in [5.74, 6) is -0.387. The summed E-state index contributed by atoms with van der Waals surface area (Å²) in [5, 5.41) is 0.562. The molecule has 1 aromatic carbocycles. The summed E-state index contributed by atoms with van der Waals surface area (Å²) < 4.78 is 24.7. The van der Waals surface area contributed by atoms with E-state index < -0.39 is 6.67 Å². The van der Waals surface area contributed by atoms with E-state index in [0.717, 1.165) is 5.56 Å². The molecule has 0 saturated heterocycles. The van der Waals surface area contributed by atoms with Gasteiger partial charge in [-0.1, -0.05) is 22.0 Å². The third-order valence-corrected chi connectivity index (χ3v) is 2.06. The summed E-state index contributed by atoms with van der Waals surface area (Å²) in [5.41, 5.74) is 1.22. The van der Waals surface area contributed by atoms with E-state index in [4.69, 9.17) is 0 Å². The lowest BCUT2D eigenvalue weighted by Crippen LogP contribution is -1.89. The molecule has 0 spiro atoms. The monoisotopic (exact) mass is 220 g/mol. The maximum Gasteiger partial charge on any atom is 0.123 e. The van der Waals surface area contributed by atoms with Crippen molar-refractivity contribution in [2.75, 3.05) is 0 Å². The van der Waals surface area contributed by atoms with Gasteiger partial charge in [-0.15, -0.1) is 0 Å². The molecule has 0 fully saturated rings. The molecule has 0 aliphatic carbocycles. The van der Waals surface area contributed by atoms with Crippen LogP contribution in [0.1, 0.15) is 11.1 Å². The molecule has 0 aliphatic heterocycles. The van der Waals surface area contributed by atoms with Gasteiger partial charge in [0.05, 0.1) is 0 Å². The number of hydrogen-bond acceptors (Lipinski definition) is 0. The highest BCUT2D eigenvalue weighted by Crippen LogP contribution is 2.15. The number of halogens is 3. The van der Waals surface area contributed by atoms with Gasteiger partial charge in [-0.05, 0) is 23.3 Å². The Kier molecular flexibility index (Phi) is 3.00. The maximum atomic E-state index is 12.5. The molecule has 0 unspecified atom stereocenters. The van der Waals surface area contributed by atoms with Gasteiger partial charge in [0.15, 0.2) is 0 Å². The smallest absolute Gasteiger partial charge is 0.123 e. The minimum absolute atomic E-state index is 0.387. The van der Waals surface area contributed by atoms with E-state index in [-0.39, 0.29) is 5.82 Å². The van der Waals surface area contributed by atoms with Gasteiger partial charge in [0.1, 0.15) is 12.5 Å². The van der Waals surface area contributed by atoms with Gasteiger partial charge in [-0.25, -0.2) is 8.78 Å². The van der Waals surface area contributed by atoms with Gasteiger partial charge in [-0.2, -0.15) is 0 Å². The highest BCUT2D eigenvalue weighted by molar-refractivity contribution is 9.08. The van der Waals surface area contributed by atoms with Crippen molar-refractivity contribution in [3.05, 3.63) is 35.1 Å². The molecule has 3 heteroatoms. The van der Waals surface area contributed by atoms with Crippen LogP contribution in [0.4, 0.5) is 8.78 Å². The van der Waals surface area contributed by atoms with Crippen LogP contribution in [0.5, 0.6) is 0 Å². The predicted octanol–water partition coefficient (Wildman–Crippen LogP) is 3.19. The van der Waals surface area contributed by atoms with Crippen LogP contribution in [0, 0.1) is 5.82 Å². The van der Waals surface area contributed by atoms with E-state index in [1.54, 1.807) is 6.07 Å². The Balaban J connectivity index is 3.06. The number of hydrogen-bond donors (Lipinski definition) is 0. The van der Waals surface area contributed by atoms with Crippen molar-refractivity contribution < 1.29 is 8.78 Å². The molecule has 0 saturated carbocycles. The highest BCUT2D eigenvalue weighted by atomic mass is 79.9. The third-order valence-electron chi connectivity index (χ3n) is 1.46. The van der Waals surface area contributed by atoms with E-state index in [1.807, 2.05) is 0 Å². The van der Waals surface area contributed by atoms with Gasteiger partial charge in [0.25, 0.3) is 0 Å². The molecular weight excluding hydrogens is 214 g/mol. The molecule has 60 valence electrons. The molecule has 0 aromatic heterocycles. The van der Waals surface area contributed by atoms with E-state index in [9.17, 15) is 8.78 Å². The van der Waals surface area contributed by atoms with Crippen LogP contribution in [-0.2, 0) is 12.0 Å². The van der Waals surface area contributed by atoms with Gasteiger partial charge in [0.2, 0.25) is 0 Å². The van der Waals surface area contributed by atoms with Crippen molar-refractivity contribution in [3.8, 4) is 0 Å². The van der Waals surface area contributed by atoms with Crippen LogP contribution in [-0.4, -0.2) is 0 Å². The zero-order valence-electron chi connectivity index (χ0n) is 5.78. The lowest BCUT2D eigenvalue weighted by Gasteiger charge is -2.01. The molecule has 0 heterocycles. The summed E-state index contributed by atoms with van der Waals surface area (Å²) >= 11 is 3.18. The molecular formula is C8H7BrF2. The standard InChI is InChI=1S/C8H7BrF2/c9-4-6-1-2-8(11)3-7(6)5-10/h1-3H,4-5H2. The Hall–Kier alpha value is -0.440. The molecule has 0 atom stereocenters. The second-order valence-corrected chi connectivity index (χ2v) is 2.74. The second-order valence-electron chi connectivity index (χ2n) is 2.18.